The summed E-state index contributed by atoms with van der Waals surface area (Å²) in [4.78, 5) is 11.8. The molecule has 1 aliphatic heterocycles. The Bertz CT molecular complexity index is 612. The normalized spacial score (nSPS) is 19.0. The molecule has 1 aromatic carbocycles. The fourth-order valence-electron chi connectivity index (χ4n) is 2.13. The molecule has 0 saturated carbocycles. The van der Waals surface area contributed by atoms with Crippen molar-refractivity contribution in [2.24, 2.45) is 11.1 Å². The molecule has 8 heteroatoms. The highest BCUT2D eigenvalue weighted by Gasteiger charge is 2.19. The molecule has 0 spiro atoms. The van der Waals surface area contributed by atoms with E-state index in [1.54, 1.807) is 0 Å². The van der Waals surface area contributed by atoms with Crippen molar-refractivity contribution in [3.05, 3.63) is 23.2 Å². The maximum Gasteiger partial charge on any atom is 0.238 e. The first kappa shape index (κ1) is 15.2. The van der Waals surface area contributed by atoms with Crippen LogP contribution in [0.5, 0.6) is 0 Å². The number of primary sulfonamides is 1. The molecule has 6 nitrogen and oxygen atoms in total. The van der Waals surface area contributed by atoms with E-state index in [-0.39, 0.29) is 21.5 Å². The molecule has 0 aliphatic carbocycles. The molecule has 1 aliphatic rings. The van der Waals surface area contributed by atoms with E-state index in [1.807, 2.05) is 0 Å². The molecule has 1 fully saturated rings. The molecule has 0 aromatic heterocycles. The first-order valence-electron chi connectivity index (χ1n) is 6.19. The number of carbonyl (C=O) groups is 1. The van der Waals surface area contributed by atoms with Gasteiger partial charge in [0.05, 0.1) is 15.6 Å². The van der Waals surface area contributed by atoms with Crippen molar-refractivity contribution in [2.45, 2.75) is 17.7 Å². The molecule has 4 N–H and O–H groups in total. The molecule has 20 heavy (non-hydrogen) atoms. The highest BCUT2D eigenvalue weighted by molar-refractivity contribution is 7.89. The highest BCUT2D eigenvalue weighted by Crippen LogP contribution is 2.25. The van der Waals surface area contributed by atoms with Gasteiger partial charge in [-0.1, -0.05) is 11.6 Å². The average Bonchev–Trinajstić information content (AvgIpc) is 2.83. The smallest absolute Gasteiger partial charge is 0.238 e. The minimum atomic E-state index is -3.82. The van der Waals surface area contributed by atoms with Gasteiger partial charge in [0.15, 0.2) is 0 Å². The van der Waals surface area contributed by atoms with Gasteiger partial charge in [0, 0.05) is 6.42 Å². The molecule has 0 radical (unpaired) electrons. The Morgan fingerprint density at radius 1 is 1.50 bits per heavy atom. The number of anilines is 1. The van der Waals surface area contributed by atoms with Gasteiger partial charge in [-0.25, -0.2) is 13.6 Å². The third-order valence-electron chi connectivity index (χ3n) is 3.18. The van der Waals surface area contributed by atoms with Crippen LogP contribution in [0.15, 0.2) is 23.1 Å². The number of hydrogen-bond acceptors (Lipinski definition) is 4. The molecule has 1 heterocycles. The van der Waals surface area contributed by atoms with Crippen molar-refractivity contribution in [3.63, 3.8) is 0 Å². The summed E-state index contributed by atoms with van der Waals surface area (Å²) in [5.74, 6) is 0.113. The van der Waals surface area contributed by atoms with E-state index in [1.165, 1.54) is 18.2 Å². The van der Waals surface area contributed by atoms with Gasteiger partial charge in [-0.05, 0) is 43.6 Å². The summed E-state index contributed by atoms with van der Waals surface area (Å²) in [6, 6.07) is 3.96. The zero-order valence-electron chi connectivity index (χ0n) is 10.7. The van der Waals surface area contributed by atoms with Gasteiger partial charge in [-0.15, -0.1) is 0 Å². The molecule has 1 aromatic rings. The van der Waals surface area contributed by atoms with Gasteiger partial charge in [0.25, 0.3) is 0 Å². The first-order chi connectivity index (χ1) is 9.36. The molecule has 1 amide bonds. The van der Waals surface area contributed by atoms with Crippen LogP contribution in [0.3, 0.4) is 0 Å². The Hall–Kier alpha value is -1.15. The Labute approximate surface area is 122 Å². The Morgan fingerprint density at radius 2 is 2.25 bits per heavy atom. The number of sulfonamides is 1. The summed E-state index contributed by atoms with van der Waals surface area (Å²) < 4.78 is 22.5. The SMILES string of the molecule is NS(=O)(=O)c1ccc(Cl)c(NC(=O)CC2CCNC2)c1. The topological polar surface area (TPSA) is 101 Å². The van der Waals surface area contributed by atoms with Crippen molar-refractivity contribution in [1.82, 2.24) is 5.32 Å². The lowest BCUT2D eigenvalue weighted by atomic mass is 10.0. The number of nitrogens with one attached hydrogen (secondary N) is 2. The minimum absolute atomic E-state index is 0.0836. The number of rotatable bonds is 4. The number of carbonyl (C=O) groups excluding carboxylic acids is 1. The molecule has 2 rings (SSSR count). The van der Waals surface area contributed by atoms with Crippen LogP contribution in [0.4, 0.5) is 5.69 Å². The third kappa shape index (κ3) is 3.92. The lowest BCUT2D eigenvalue weighted by Crippen LogP contribution is -2.19. The molecule has 1 saturated heterocycles. The Kier molecular flexibility index (Phi) is 4.64. The first-order valence-corrected chi connectivity index (χ1v) is 8.11. The highest BCUT2D eigenvalue weighted by atomic mass is 35.5. The van der Waals surface area contributed by atoms with Gasteiger partial charge >= 0.3 is 0 Å². The summed E-state index contributed by atoms with van der Waals surface area (Å²) in [5, 5.41) is 11.1. The van der Waals surface area contributed by atoms with Crippen LogP contribution in [0, 0.1) is 5.92 Å². The van der Waals surface area contributed by atoms with E-state index >= 15 is 0 Å². The van der Waals surface area contributed by atoms with E-state index < -0.39 is 10.0 Å². The predicted octanol–water partition coefficient (Wildman–Crippen LogP) is 0.925. The number of hydrogen-bond donors (Lipinski definition) is 3. The van der Waals surface area contributed by atoms with Crippen LogP contribution in [0.1, 0.15) is 12.8 Å². The summed E-state index contributed by atoms with van der Waals surface area (Å²) in [5.41, 5.74) is 0.258. The van der Waals surface area contributed by atoms with Crippen LogP contribution >= 0.6 is 11.6 Å². The van der Waals surface area contributed by atoms with E-state index in [9.17, 15) is 13.2 Å². The van der Waals surface area contributed by atoms with E-state index in [0.29, 0.717) is 12.3 Å². The van der Waals surface area contributed by atoms with Crippen LogP contribution in [-0.4, -0.2) is 27.4 Å². The number of benzene rings is 1. The molecular weight excluding hydrogens is 302 g/mol. The van der Waals surface area contributed by atoms with Gasteiger partial charge < -0.3 is 10.6 Å². The quantitative estimate of drug-likeness (QED) is 0.768. The van der Waals surface area contributed by atoms with Crippen LogP contribution < -0.4 is 15.8 Å². The van der Waals surface area contributed by atoms with Gasteiger partial charge in [0.2, 0.25) is 15.9 Å². The maximum atomic E-state index is 11.9. The summed E-state index contributed by atoms with van der Waals surface area (Å²) in [6.07, 6.45) is 1.33. The van der Waals surface area contributed by atoms with Gasteiger partial charge in [-0.2, -0.15) is 0 Å². The maximum absolute atomic E-state index is 11.9. The second kappa shape index (κ2) is 6.09. The third-order valence-corrected chi connectivity index (χ3v) is 4.42. The lowest BCUT2D eigenvalue weighted by Gasteiger charge is -2.11. The molecule has 110 valence electrons. The number of nitrogens with two attached hydrogens (primary N) is 1. The largest absolute Gasteiger partial charge is 0.325 e. The Morgan fingerprint density at radius 3 is 2.85 bits per heavy atom. The minimum Gasteiger partial charge on any atom is -0.325 e. The second-order valence-electron chi connectivity index (χ2n) is 4.80. The fourth-order valence-corrected chi connectivity index (χ4v) is 2.83. The zero-order valence-corrected chi connectivity index (χ0v) is 12.3. The summed E-state index contributed by atoms with van der Waals surface area (Å²) >= 11 is 5.94. The fraction of sp³-hybridized carbons (Fsp3) is 0.417. The molecule has 0 bridgehead atoms. The van der Waals surface area contributed by atoms with E-state index in [2.05, 4.69) is 10.6 Å². The second-order valence-corrected chi connectivity index (χ2v) is 6.77. The predicted molar refractivity (Wildman–Crippen MR) is 77.0 cm³/mol. The summed E-state index contributed by atoms with van der Waals surface area (Å²) in [6.45, 7) is 1.73. The molecule has 1 atom stereocenters. The zero-order chi connectivity index (χ0) is 14.8. The molecule has 1 unspecified atom stereocenters. The van der Waals surface area contributed by atoms with Crippen LogP contribution in [0.2, 0.25) is 5.02 Å². The average molecular weight is 318 g/mol. The van der Waals surface area contributed by atoms with E-state index in [4.69, 9.17) is 16.7 Å². The van der Waals surface area contributed by atoms with Crippen LogP contribution in [-0.2, 0) is 14.8 Å². The number of halogens is 1. The lowest BCUT2D eigenvalue weighted by molar-refractivity contribution is -0.116. The standard InChI is InChI=1S/C12H16ClN3O3S/c13-10-2-1-9(20(14,18)19)6-11(10)16-12(17)5-8-3-4-15-7-8/h1-2,6,8,15H,3-5,7H2,(H,16,17)(H2,14,18,19). The molecular formula is C12H16ClN3O3S. The van der Waals surface area contributed by atoms with Crippen molar-refractivity contribution < 1.29 is 13.2 Å². The van der Waals surface area contributed by atoms with Crippen molar-refractivity contribution >= 4 is 33.2 Å². The van der Waals surface area contributed by atoms with Gasteiger partial charge in [0.1, 0.15) is 0 Å². The summed E-state index contributed by atoms with van der Waals surface area (Å²) in [7, 11) is -3.82. The van der Waals surface area contributed by atoms with E-state index in [0.717, 1.165) is 19.5 Å². The van der Waals surface area contributed by atoms with Crippen LogP contribution in [0.25, 0.3) is 0 Å². The van der Waals surface area contributed by atoms with Gasteiger partial charge in [-0.3, -0.25) is 4.79 Å². The van der Waals surface area contributed by atoms with Crippen molar-refractivity contribution in [1.29, 1.82) is 0 Å². The monoisotopic (exact) mass is 317 g/mol. The number of amides is 1. The Balaban J connectivity index is 2.09. The van der Waals surface area contributed by atoms with Crippen molar-refractivity contribution in [3.8, 4) is 0 Å². The van der Waals surface area contributed by atoms with Crippen molar-refractivity contribution in [2.75, 3.05) is 18.4 Å².